The Labute approximate surface area is 146 Å². The van der Waals surface area contributed by atoms with Crippen molar-refractivity contribution in [3.05, 3.63) is 65.7 Å². The van der Waals surface area contributed by atoms with Gasteiger partial charge in [-0.3, -0.25) is 10.0 Å². The van der Waals surface area contributed by atoms with Crippen molar-refractivity contribution in [3.8, 4) is 11.1 Å². The average molecular weight is 358 g/mol. The van der Waals surface area contributed by atoms with E-state index in [1.54, 1.807) is 24.3 Å². The van der Waals surface area contributed by atoms with Gasteiger partial charge in [0, 0.05) is 18.7 Å². The predicted molar refractivity (Wildman–Crippen MR) is 93.4 cm³/mol. The molecule has 0 unspecified atom stereocenters. The minimum absolute atomic E-state index is 0.0612. The van der Waals surface area contributed by atoms with E-state index in [9.17, 15) is 13.2 Å². The molecule has 2 aromatic rings. The van der Waals surface area contributed by atoms with Crippen LogP contribution in [0.2, 0.25) is 0 Å². The predicted octanol–water partition coefficient (Wildman–Crippen LogP) is 2.10. The van der Waals surface area contributed by atoms with Crippen LogP contribution in [-0.4, -0.2) is 36.9 Å². The van der Waals surface area contributed by atoms with Crippen LogP contribution in [0.4, 0.5) is 0 Å². The van der Waals surface area contributed by atoms with Gasteiger partial charge in [-0.05, 0) is 35.7 Å². The Balaban J connectivity index is 1.83. The van der Waals surface area contributed by atoms with Crippen LogP contribution >= 0.6 is 0 Å². The van der Waals surface area contributed by atoms with Gasteiger partial charge < -0.3 is 0 Å². The van der Waals surface area contributed by atoms with Crippen molar-refractivity contribution in [2.24, 2.45) is 0 Å². The number of aryl methyl sites for hydroxylation is 1. The van der Waals surface area contributed by atoms with Gasteiger partial charge in [0.25, 0.3) is 5.91 Å². The molecule has 2 N–H and O–H groups in total. The number of carbonyl (C=O) groups is 1. The Kier molecular flexibility index (Phi) is 4.71. The quantitative estimate of drug-likeness (QED) is 0.647. The molecule has 2 aromatic carbocycles. The molecule has 1 amide bonds. The summed E-state index contributed by atoms with van der Waals surface area (Å²) in [4.78, 5) is 11.6. The van der Waals surface area contributed by atoms with Crippen LogP contribution in [0.15, 0.2) is 65.1 Å². The van der Waals surface area contributed by atoms with Gasteiger partial charge in [-0.1, -0.05) is 42.5 Å². The number of hydrogen-bond acceptors (Lipinski definition) is 4. The van der Waals surface area contributed by atoms with Crippen LogP contribution < -0.4 is 5.48 Å². The third kappa shape index (κ3) is 3.34. The third-order valence-corrected chi connectivity index (χ3v) is 6.06. The molecule has 25 heavy (non-hydrogen) atoms. The zero-order chi connectivity index (χ0) is 18.0. The number of sulfonamides is 1. The van der Waals surface area contributed by atoms with Crippen molar-refractivity contribution in [3.63, 3.8) is 0 Å². The zero-order valence-electron chi connectivity index (χ0n) is 13.6. The van der Waals surface area contributed by atoms with Crippen LogP contribution in [0.25, 0.3) is 11.1 Å². The molecule has 0 saturated heterocycles. The number of amides is 1. The van der Waals surface area contributed by atoms with Crippen molar-refractivity contribution in [1.82, 2.24) is 9.79 Å². The summed E-state index contributed by atoms with van der Waals surface area (Å²) in [5.74, 6) is -0.687. The third-order valence-electron chi connectivity index (χ3n) is 4.23. The fourth-order valence-electron chi connectivity index (χ4n) is 2.80. The zero-order valence-corrected chi connectivity index (χ0v) is 14.5. The lowest BCUT2D eigenvalue weighted by molar-refractivity contribution is -0.125. The summed E-state index contributed by atoms with van der Waals surface area (Å²) in [5, 5.41) is 8.65. The van der Waals surface area contributed by atoms with Gasteiger partial charge >= 0.3 is 0 Å². The molecule has 0 radical (unpaired) electrons. The second kappa shape index (κ2) is 6.79. The highest BCUT2D eigenvalue weighted by atomic mass is 32.2. The highest BCUT2D eigenvalue weighted by molar-refractivity contribution is 7.89. The van der Waals surface area contributed by atoms with Gasteiger partial charge in [0.05, 0.1) is 4.90 Å². The smallest absolute Gasteiger partial charge is 0.271 e. The standard InChI is InChI=1S/C18H18N2O4S/c1-13-4-2-3-5-17(13)14-6-8-16(9-7-14)25(23,24)20-11-10-15(12-20)18(21)19-22/h2-10,22H,11-12H2,1H3,(H,19,21). The number of hydrogen-bond donors (Lipinski definition) is 2. The molecule has 0 aliphatic carbocycles. The van der Waals surface area contributed by atoms with Gasteiger partial charge in [0.2, 0.25) is 10.0 Å². The number of benzene rings is 2. The van der Waals surface area contributed by atoms with Crippen LogP contribution in [0.3, 0.4) is 0 Å². The summed E-state index contributed by atoms with van der Waals surface area (Å²) < 4.78 is 26.6. The highest BCUT2D eigenvalue weighted by Gasteiger charge is 2.30. The van der Waals surface area contributed by atoms with Gasteiger partial charge in [0.1, 0.15) is 0 Å². The molecular formula is C18H18N2O4S. The molecule has 0 aromatic heterocycles. The van der Waals surface area contributed by atoms with Crippen LogP contribution in [-0.2, 0) is 14.8 Å². The van der Waals surface area contributed by atoms with E-state index >= 15 is 0 Å². The first kappa shape index (κ1) is 17.3. The Morgan fingerprint density at radius 2 is 1.80 bits per heavy atom. The van der Waals surface area contributed by atoms with Gasteiger partial charge in [-0.25, -0.2) is 13.9 Å². The molecule has 0 spiro atoms. The van der Waals surface area contributed by atoms with Crippen LogP contribution in [0.1, 0.15) is 5.56 Å². The van der Waals surface area contributed by atoms with E-state index in [1.807, 2.05) is 31.2 Å². The maximum Gasteiger partial charge on any atom is 0.271 e. The lowest BCUT2D eigenvalue weighted by Gasteiger charge is -2.16. The summed E-state index contributed by atoms with van der Waals surface area (Å²) in [6.45, 7) is 2.04. The SMILES string of the molecule is Cc1ccccc1-c1ccc(S(=O)(=O)N2CC=C(C(=O)NO)C2)cc1. The number of rotatable bonds is 4. The topological polar surface area (TPSA) is 86.7 Å². The maximum absolute atomic E-state index is 12.7. The molecule has 1 heterocycles. The van der Waals surface area contributed by atoms with Crippen LogP contribution in [0, 0.1) is 6.92 Å². The molecule has 130 valence electrons. The van der Waals surface area contributed by atoms with E-state index in [2.05, 4.69) is 0 Å². The summed E-state index contributed by atoms with van der Waals surface area (Å²) in [7, 11) is -3.70. The highest BCUT2D eigenvalue weighted by Crippen LogP contribution is 2.26. The molecule has 0 fully saturated rings. The Morgan fingerprint density at radius 3 is 2.44 bits per heavy atom. The van der Waals surface area contributed by atoms with E-state index in [0.717, 1.165) is 16.7 Å². The molecule has 1 aliphatic heterocycles. The number of nitrogens with one attached hydrogen (secondary N) is 1. The number of carbonyl (C=O) groups excluding carboxylic acids is 1. The molecule has 1 aliphatic rings. The molecule has 3 rings (SSSR count). The largest absolute Gasteiger partial charge is 0.288 e. The first-order valence-electron chi connectivity index (χ1n) is 7.73. The molecule has 0 saturated carbocycles. The number of hydroxylamine groups is 1. The monoisotopic (exact) mass is 358 g/mol. The van der Waals surface area contributed by atoms with Crippen molar-refractivity contribution >= 4 is 15.9 Å². The van der Waals surface area contributed by atoms with E-state index in [4.69, 9.17) is 5.21 Å². The van der Waals surface area contributed by atoms with Gasteiger partial charge in [-0.2, -0.15) is 4.31 Å². The van der Waals surface area contributed by atoms with E-state index in [0.29, 0.717) is 0 Å². The molecular weight excluding hydrogens is 340 g/mol. The lowest BCUT2D eigenvalue weighted by Crippen LogP contribution is -2.31. The normalized spacial score (nSPS) is 15.0. The molecule has 7 heteroatoms. The van der Waals surface area contributed by atoms with E-state index in [-0.39, 0.29) is 23.6 Å². The molecule has 6 nitrogen and oxygen atoms in total. The fraction of sp³-hybridized carbons (Fsp3) is 0.167. The maximum atomic E-state index is 12.7. The van der Waals surface area contributed by atoms with Crippen molar-refractivity contribution in [1.29, 1.82) is 0 Å². The minimum Gasteiger partial charge on any atom is -0.288 e. The summed E-state index contributed by atoms with van der Waals surface area (Å²) in [5.41, 5.74) is 4.85. The van der Waals surface area contributed by atoms with Gasteiger partial charge in [-0.15, -0.1) is 0 Å². The Bertz CT molecular complexity index is 934. The van der Waals surface area contributed by atoms with Crippen molar-refractivity contribution < 1.29 is 18.4 Å². The lowest BCUT2D eigenvalue weighted by atomic mass is 10.0. The van der Waals surface area contributed by atoms with Crippen molar-refractivity contribution in [2.45, 2.75) is 11.8 Å². The first-order chi connectivity index (χ1) is 11.9. The minimum atomic E-state index is -3.70. The summed E-state index contributed by atoms with van der Waals surface area (Å²) >= 11 is 0. The summed E-state index contributed by atoms with van der Waals surface area (Å²) in [6, 6.07) is 14.6. The van der Waals surface area contributed by atoms with Crippen LogP contribution in [0.5, 0.6) is 0 Å². The average Bonchev–Trinajstić information content (AvgIpc) is 3.12. The molecule has 0 bridgehead atoms. The van der Waals surface area contributed by atoms with E-state index in [1.165, 1.54) is 15.9 Å². The first-order valence-corrected chi connectivity index (χ1v) is 9.17. The van der Waals surface area contributed by atoms with Gasteiger partial charge in [0.15, 0.2) is 0 Å². The second-order valence-electron chi connectivity index (χ2n) is 5.81. The van der Waals surface area contributed by atoms with E-state index < -0.39 is 15.9 Å². The molecule has 0 atom stereocenters. The Hall–Kier alpha value is -2.48. The fourth-order valence-corrected chi connectivity index (χ4v) is 4.16. The Morgan fingerprint density at radius 1 is 1.12 bits per heavy atom. The number of nitrogens with zero attached hydrogens (tertiary/aromatic N) is 1. The second-order valence-corrected chi connectivity index (χ2v) is 7.75. The summed E-state index contributed by atoms with van der Waals surface area (Å²) in [6.07, 6.45) is 1.49. The van der Waals surface area contributed by atoms with Crippen molar-refractivity contribution in [2.75, 3.05) is 13.1 Å².